The number of carbonyl (C=O) groups excluding carboxylic acids is 3. The van der Waals surface area contributed by atoms with Crippen molar-refractivity contribution in [2.45, 2.75) is 0 Å². The second-order valence-electron chi connectivity index (χ2n) is 8.13. The molecule has 184 valence electrons. The molecule has 1 saturated heterocycles. The minimum atomic E-state index is -0.527. The number of rotatable bonds is 7. The third-order valence-electron chi connectivity index (χ3n) is 5.64. The molecular formula is C29H20ClNO5S. The summed E-state index contributed by atoms with van der Waals surface area (Å²) in [4.78, 5) is 39.3. The van der Waals surface area contributed by atoms with Gasteiger partial charge in [-0.3, -0.25) is 14.5 Å². The van der Waals surface area contributed by atoms with E-state index in [0.717, 1.165) is 22.5 Å². The predicted molar refractivity (Wildman–Crippen MR) is 145 cm³/mol. The maximum Gasteiger partial charge on any atom is 0.343 e. The quantitative estimate of drug-likeness (QED) is 0.148. The summed E-state index contributed by atoms with van der Waals surface area (Å²) in [6.45, 7) is 0.305. The highest BCUT2D eigenvalue weighted by atomic mass is 35.5. The second kappa shape index (κ2) is 10.9. The van der Waals surface area contributed by atoms with Crippen LogP contribution in [0.2, 0.25) is 5.02 Å². The number of amides is 2. The van der Waals surface area contributed by atoms with Gasteiger partial charge in [0.2, 0.25) is 0 Å². The smallest absolute Gasteiger partial charge is 0.343 e. The summed E-state index contributed by atoms with van der Waals surface area (Å²) in [7, 11) is 0. The highest BCUT2D eigenvalue weighted by molar-refractivity contribution is 8.18. The molecule has 0 saturated carbocycles. The molecule has 0 atom stereocenters. The Balaban J connectivity index is 1.23. The van der Waals surface area contributed by atoms with E-state index in [1.54, 1.807) is 54.6 Å². The normalized spacial score (nSPS) is 14.4. The summed E-state index contributed by atoms with van der Waals surface area (Å²) in [6, 6.07) is 26.7. The first-order chi connectivity index (χ1) is 18.0. The SMILES string of the molecule is O=C(Oc1cccc(/C=C2\SC(=O)N(CCOc3cccc4ccccc34)C2=O)c1)c1ccc(Cl)cc1. The van der Waals surface area contributed by atoms with Crippen molar-refractivity contribution in [3.05, 3.63) is 112 Å². The number of thioether (sulfide) groups is 1. The largest absolute Gasteiger partial charge is 0.491 e. The van der Waals surface area contributed by atoms with E-state index in [2.05, 4.69) is 0 Å². The zero-order valence-corrected chi connectivity index (χ0v) is 21.0. The summed E-state index contributed by atoms with van der Waals surface area (Å²) < 4.78 is 11.3. The average molecular weight is 530 g/mol. The van der Waals surface area contributed by atoms with Gasteiger partial charge in [-0.1, -0.05) is 60.1 Å². The molecule has 1 aliphatic rings. The van der Waals surface area contributed by atoms with Crippen LogP contribution in [0.15, 0.2) is 95.9 Å². The minimum absolute atomic E-state index is 0.129. The van der Waals surface area contributed by atoms with Crippen molar-refractivity contribution in [2.24, 2.45) is 0 Å². The molecule has 0 aliphatic carbocycles. The first-order valence-electron chi connectivity index (χ1n) is 11.4. The van der Waals surface area contributed by atoms with Gasteiger partial charge in [0, 0.05) is 10.4 Å². The topological polar surface area (TPSA) is 72.9 Å². The lowest BCUT2D eigenvalue weighted by molar-refractivity contribution is -0.123. The zero-order chi connectivity index (χ0) is 25.8. The third-order valence-corrected chi connectivity index (χ3v) is 6.80. The van der Waals surface area contributed by atoms with Crippen LogP contribution in [-0.2, 0) is 4.79 Å². The van der Waals surface area contributed by atoms with Crippen molar-refractivity contribution in [1.29, 1.82) is 0 Å². The van der Waals surface area contributed by atoms with Crippen LogP contribution in [0.3, 0.4) is 0 Å². The van der Waals surface area contributed by atoms with E-state index >= 15 is 0 Å². The second-order valence-corrected chi connectivity index (χ2v) is 9.56. The molecule has 8 heteroatoms. The fraction of sp³-hybridized carbons (Fsp3) is 0.0690. The molecular weight excluding hydrogens is 510 g/mol. The van der Waals surface area contributed by atoms with E-state index in [1.807, 2.05) is 42.5 Å². The first-order valence-corrected chi connectivity index (χ1v) is 12.6. The van der Waals surface area contributed by atoms with Crippen molar-refractivity contribution in [3.8, 4) is 11.5 Å². The third kappa shape index (κ3) is 5.69. The molecule has 0 bridgehead atoms. The predicted octanol–water partition coefficient (Wildman–Crippen LogP) is 6.83. The number of hydrogen-bond acceptors (Lipinski definition) is 6. The van der Waals surface area contributed by atoms with Crippen LogP contribution in [0, 0.1) is 0 Å². The molecule has 37 heavy (non-hydrogen) atoms. The van der Waals surface area contributed by atoms with E-state index in [1.165, 1.54) is 4.90 Å². The summed E-state index contributed by atoms with van der Waals surface area (Å²) in [6.07, 6.45) is 1.61. The first kappa shape index (κ1) is 24.6. The maximum atomic E-state index is 12.9. The zero-order valence-electron chi connectivity index (χ0n) is 19.4. The Morgan fingerprint density at radius 2 is 1.68 bits per heavy atom. The molecule has 0 spiro atoms. The van der Waals surface area contributed by atoms with Crippen LogP contribution in [0.4, 0.5) is 4.79 Å². The van der Waals surface area contributed by atoms with Gasteiger partial charge in [0.25, 0.3) is 11.1 Å². The molecule has 1 fully saturated rings. The number of fused-ring (bicyclic) bond motifs is 1. The molecule has 0 unspecified atom stereocenters. The van der Waals surface area contributed by atoms with Crippen molar-refractivity contribution in [1.82, 2.24) is 4.90 Å². The van der Waals surface area contributed by atoms with Gasteiger partial charge in [-0.05, 0) is 71.3 Å². The molecule has 4 aromatic carbocycles. The van der Waals surface area contributed by atoms with E-state index in [9.17, 15) is 14.4 Å². The summed E-state index contributed by atoms with van der Waals surface area (Å²) >= 11 is 6.73. The van der Waals surface area contributed by atoms with Gasteiger partial charge in [0.15, 0.2) is 0 Å². The van der Waals surface area contributed by atoms with Gasteiger partial charge in [0.1, 0.15) is 18.1 Å². The van der Waals surface area contributed by atoms with Crippen molar-refractivity contribution in [3.63, 3.8) is 0 Å². The fourth-order valence-corrected chi connectivity index (χ4v) is 4.82. The molecule has 4 aromatic rings. The number of esters is 1. The lowest BCUT2D eigenvalue weighted by Gasteiger charge is -2.14. The van der Waals surface area contributed by atoms with E-state index in [0.29, 0.717) is 27.6 Å². The minimum Gasteiger partial charge on any atom is -0.491 e. The lowest BCUT2D eigenvalue weighted by atomic mass is 10.1. The highest BCUT2D eigenvalue weighted by Gasteiger charge is 2.34. The number of halogens is 1. The number of nitrogens with zero attached hydrogens (tertiary/aromatic N) is 1. The highest BCUT2D eigenvalue weighted by Crippen LogP contribution is 2.33. The molecule has 6 nitrogen and oxygen atoms in total. The van der Waals surface area contributed by atoms with E-state index in [-0.39, 0.29) is 29.2 Å². The number of imide groups is 1. The van der Waals surface area contributed by atoms with Gasteiger partial charge in [-0.15, -0.1) is 0 Å². The van der Waals surface area contributed by atoms with Crippen LogP contribution in [0.25, 0.3) is 16.8 Å². The van der Waals surface area contributed by atoms with Crippen LogP contribution in [-0.4, -0.2) is 35.2 Å². The van der Waals surface area contributed by atoms with Gasteiger partial charge < -0.3 is 9.47 Å². The maximum absolute atomic E-state index is 12.9. The lowest BCUT2D eigenvalue weighted by Crippen LogP contribution is -2.32. The Labute approximate surface area is 222 Å². The molecule has 0 N–H and O–H groups in total. The van der Waals surface area contributed by atoms with Crippen LogP contribution in [0.5, 0.6) is 11.5 Å². The number of ether oxygens (including phenoxy) is 2. The molecule has 1 aliphatic heterocycles. The average Bonchev–Trinajstić information content (AvgIpc) is 3.16. The molecule has 0 aromatic heterocycles. The van der Waals surface area contributed by atoms with Crippen molar-refractivity contribution < 1.29 is 23.9 Å². The van der Waals surface area contributed by atoms with E-state index < -0.39 is 5.97 Å². The van der Waals surface area contributed by atoms with Gasteiger partial charge in [-0.2, -0.15) is 0 Å². The molecule has 0 radical (unpaired) electrons. The van der Waals surface area contributed by atoms with Crippen molar-refractivity contribution >= 4 is 57.3 Å². The Bertz CT molecular complexity index is 1530. The molecule has 1 heterocycles. The summed E-state index contributed by atoms with van der Waals surface area (Å²) in [5.41, 5.74) is 0.987. The number of carbonyl (C=O) groups is 3. The van der Waals surface area contributed by atoms with Gasteiger partial charge in [-0.25, -0.2) is 4.79 Å². The molecule has 5 rings (SSSR count). The van der Waals surface area contributed by atoms with Crippen molar-refractivity contribution in [2.75, 3.05) is 13.2 Å². The standard InChI is InChI=1S/C29H20ClNO5S/c30-22-13-11-21(12-14-22)28(33)36-23-8-3-5-19(17-23)18-26-27(32)31(29(34)37-26)15-16-35-25-10-4-7-20-6-1-2-9-24(20)25/h1-14,17-18H,15-16H2/b26-18-. The summed E-state index contributed by atoms with van der Waals surface area (Å²) in [5, 5.41) is 2.18. The van der Waals surface area contributed by atoms with Crippen LogP contribution < -0.4 is 9.47 Å². The Kier molecular flexibility index (Phi) is 7.25. The fourth-order valence-electron chi connectivity index (χ4n) is 3.83. The van der Waals surface area contributed by atoms with E-state index in [4.69, 9.17) is 21.1 Å². The number of hydrogen-bond donors (Lipinski definition) is 0. The molecule has 2 amide bonds. The Morgan fingerprint density at radius 1 is 0.919 bits per heavy atom. The van der Waals surface area contributed by atoms with Crippen LogP contribution >= 0.6 is 23.4 Å². The van der Waals surface area contributed by atoms with Gasteiger partial charge >= 0.3 is 5.97 Å². The Morgan fingerprint density at radius 3 is 2.51 bits per heavy atom. The summed E-state index contributed by atoms with van der Waals surface area (Å²) in [5.74, 6) is 0.0995. The van der Waals surface area contributed by atoms with Gasteiger partial charge in [0.05, 0.1) is 17.0 Å². The Hall–Kier alpha value is -4.07. The van der Waals surface area contributed by atoms with Crippen LogP contribution in [0.1, 0.15) is 15.9 Å². The monoisotopic (exact) mass is 529 g/mol. The number of benzene rings is 4.